The van der Waals surface area contributed by atoms with Gasteiger partial charge in [-0.2, -0.15) is 0 Å². The lowest BCUT2D eigenvalue weighted by Crippen LogP contribution is -2.44. The van der Waals surface area contributed by atoms with Crippen LogP contribution in [0.2, 0.25) is 0 Å². The summed E-state index contributed by atoms with van der Waals surface area (Å²) in [5.74, 6) is -0.630. The average Bonchev–Trinajstić information content (AvgIpc) is 2.53. The Morgan fingerprint density at radius 1 is 1.32 bits per heavy atom. The maximum absolute atomic E-state index is 12.6. The SMILES string of the molecule is Cc1sc2nc(C)n(C(C)(C)C(=O)O)c(=O)c2c1C. The van der Waals surface area contributed by atoms with Crippen LogP contribution < -0.4 is 5.56 Å². The van der Waals surface area contributed by atoms with E-state index < -0.39 is 11.5 Å². The predicted octanol–water partition coefficient (Wildman–Crippen LogP) is 2.20. The highest BCUT2D eigenvalue weighted by Crippen LogP contribution is 2.27. The highest BCUT2D eigenvalue weighted by Gasteiger charge is 2.33. The van der Waals surface area contributed by atoms with E-state index in [0.29, 0.717) is 16.0 Å². The Hall–Kier alpha value is -1.69. The minimum absolute atomic E-state index is 0.281. The number of aryl methyl sites for hydroxylation is 3. The third-order valence-electron chi connectivity index (χ3n) is 3.45. The van der Waals surface area contributed by atoms with Crippen LogP contribution in [-0.4, -0.2) is 20.6 Å². The number of rotatable bonds is 2. The van der Waals surface area contributed by atoms with Gasteiger partial charge in [0.2, 0.25) is 0 Å². The number of aliphatic carboxylic acids is 1. The Morgan fingerprint density at radius 2 is 1.89 bits per heavy atom. The summed E-state index contributed by atoms with van der Waals surface area (Å²) in [5, 5.41) is 9.84. The lowest BCUT2D eigenvalue weighted by molar-refractivity contribution is -0.145. The lowest BCUT2D eigenvalue weighted by atomic mass is 10.0. The fraction of sp³-hybridized carbons (Fsp3) is 0.462. The molecule has 0 spiro atoms. The van der Waals surface area contributed by atoms with Crippen molar-refractivity contribution in [1.29, 1.82) is 0 Å². The molecule has 2 heterocycles. The van der Waals surface area contributed by atoms with Crippen molar-refractivity contribution in [3.8, 4) is 0 Å². The van der Waals surface area contributed by atoms with Crippen molar-refractivity contribution in [1.82, 2.24) is 9.55 Å². The molecular formula is C13H16N2O3S. The number of nitrogens with zero attached hydrogens (tertiary/aromatic N) is 2. The van der Waals surface area contributed by atoms with Crippen LogP contribution in [0.25, 0.3) is 10.2 Å². The third kappa shape index (κ3) is 1.87. The van der Waals surface area contributed by atoms with E-state index in [1.807, 2.05) is 13.8 Å². The smallest absolute Gasteiger partial charge is 0.329 e. The molecule has 0 unspecified atom stereocenters. The van der Waals surface area contributed by atoms with E-state index in [-0.39, 0.29) is 5.56 Å². The maximum atomic E-state index is 12.6. The molecule has 19 heavy (non-hydrogen) atoms. The standard InChI is InChI=1S/C13H16N2O3S/c1-6-7(2)19-10-9(6)11(16)15(8(3)14-10)13(4,5)12(17)18/h1-5H3,(H,17,18). The van der Waals surface area contributed by atoms with E-state index in [1.54, 1.807) is 6.92 Å². The molecule has 102 valence electrons. The molecule has 0 fully saturated rings. The zero-order valence-electron chi connectivity index (χ0n) is 11.6. The highest BCUT2D eigenvalue weighted by atomic mass is 32.1. The van der Waals surface area contributed by atoms with Gasteiger partial charge >= 0.3 is 5.97 Å². The largest absolute Gasteiger partial charge is 0.480 e. The van der Waals surface area contributed by atoms with E-state index in [2.05, 4.69) is 4.98 Å². The van der Waals surface area contributed by atoms with Gasteiger partial charge in [0, 0.05) is 4.88 Å². The number of hydrogen-bond acceptors (Lipinski definition) is 4. The number of aromatic nitrogens is 2. The molecule has 6 heteroatoms. The van der Waals surface area contributed by atoms with E-state index in [4.69, 9.17) is 0 Å². The first-order valence-electron chi connectivity index (χ1n) is 5.91. The van der Waals surface area contributed by atoms with Gasteiger partial charge in [-0.15, -0.1) is 11.3 Å². The van der Waals surface area contributed by atoms with E-state index in [0.717, 1.165) is 10.4 Å². The van der Waals surface area contributed by atoms with Gasteiger partial charge in [0.05, 0.1) is 5.39 Å². The normalized spacial score (nSPS) is 12.1. The molecular weight excluding hydrogens is 264 g/mol. The monoisotopic (exact) mass is 280 g/mol. The number of carbonyl (C=O) groups is 1. The summed E-state index contributed by atoms with van der Waals surface area (Å²) in [6.07, 6.45) is 0. The Bertz CT molecular complexity index is 740. The van der Waals surface area contributed by atoms with E-state index >= 15 is 0 Å². The molecule has 0 amide bonds. The molecule has 0 saturated heterocycles. The molecule has 2 aromatic rings. The number of carboxylic acids is 1. The second-order valence-corrected chi connectivity index (χ2v) is 6.33. The predicted molar refractivity (Wildman–Crippen MR) is 75.0 cm³/mol. The number of hydrogen-bond donors (Lipinski definition) is 1. The molecule has 0 saturated carbocycles. The van der Waals surface area contributed by atoms with Crippen molar-refractivity contribution in [3.63, 3.8) is 0 Å². The minimum atomic E-state index is -1.31. The number of fused-ring (bicyclic) bond motifs is 1. The summed E-state index contributed by atoms with van der Waals surface area (Å²) in [7, 11) is 0. The summed E-state index contributed by atoms with van der Waals surface area (Å²) in [5.41, 5.74) is -0.714. The van der Waals surface area contributed by atoms with E-state index in [9.17, 15) is 14.7 Å². The van der Waals surface area contributed by atoms with Crippen LogP contribution >= 0.6 is 11.3 Å². The van der Waals surface area contributed by atoms with Crippen molar-refractivity contribution in [2.24, 2.45) is 0 Å². The summed E-state index contributed by atoms with van der Waals surface area (Å²) >= 11 is 1.46. The minimum Gasteiger partial charge on any atom is -0.480 e. The Morgan fingerprint density at radius 3 is 2.42 bits per heavy atom. The summed E-state index contributed by atoms with van der Waals surface area (Å²) in [6, 6.07) is 0. The first kappa shape index (κ1) is 13.7. The molecule has 2 aromatic heterocycles. The summed E-state index contributed by atoms with van der Waals surface area (Å²) in [4.78, 5) is 30.1. The zero-order valence-corrected chi connectivity index (χ0v) is 12.4. The molecule has 0 aliphatic rings. The van der Waals surface area contributed by atoms with Crippen LogP contribution in [0, 0.1) is 20.8 Å². The Balaban J connectivity index is 2.95. The molecule has 0 aromatic carbocycles. The van der Waals surface area contributed by atoms with Gasteiger partial charge in [-0.25, -0.2) is 9.78 Å². The van der Waals surface area contributed by atoms with Gasteiger partial charge in [0.1, 0.15) is 16.2 Å². The van der Waals surface area contributed by atoms with Crippen molar-refractivity contribution in [2.45, 2.75) is 40.2 Å². The van der Waals surface area contributed by atoms with Crippen molar-refractivity contribution in [2.75, 3.05) is 0 Å². The molecule has 0 bridgehead atoms. The average molecular weight is 280 g/mol. The third-order valence-corrected chi connectivity index (χ3v) is 4.55. The fourth-order valence-electron chi connectivity index (χ4n) is 2.15. The number of carboxylic acid groups (broad SMARTS) is 1. The zero-order chi connectivity index (χ0) is 14.5. The molecule has 1 N–H and O–H groups in total. The van der Waals surface area contributed by atoms with Gasteiger partial charge in [0.15, 0.2) is 0 Å². The molecule has 0 aliphatic heterocycles. The van der Waals surface area contributed by atoms with Crippen molar-refractivity contribution < 1.29 is 9.90 Å². The second kappa shape index (κ2) is 4.16. The summed E-state index contributed by atoms with van der Waals surface area (Å²) in [6.45, 7) is 8.47. The Labute approximate surface area is 114 Å². The molecule has 5 nitrogen and oxygen atoms in total. The van der Waals surface area contributed by atoms with Crippen LogP contribution in [0.4, 0.5) is 0 Å². The molecule has 0 radical (unpaired) electrons. The van der Waals surface area contributed by atoms with E-state index in [1.165, 1.54) is 29.8 Å². The second-order valence-electron chi connectivity index (χ2n) is 5.13. The van der Waals surface area contributed by atoms with Crippen molar-refractivity contribution >= 4 is 27.5 Å². The molecule has 0 atom stereocenters. The molecule has 0 aliphatic carbocycles. The van der Waals surface area contributed by atoms with Gasteiger partial charge < -0.3 is 5.11 Å². The van der Waals surface area contributed by atoms with Gasteiger partial charge in [-0.1, -0.05) is 0 Å². The highest BCUT2D eigenvalue weighted by molar-refractivity contribution is 7.18. The van der Waals surface area contributed by atoms with Crippen molar-refractivity contribution in [3.05, 3.63) is 26.6 Å². The van der Waals surface area contributed by atoms with Gasteiger partial charge in [-0.05, 0) is 40.2 Å². The van der Waals surface area contributed by atoms with Crippen LogP contribution in [-0.2, 0) is 10.3 Å². The first-order valence-corrected chi connectivity index (χ1v) is 6.72. The van der Waals surface area contributed by atoms with Crippen LogP contribution in [0.5, 0.6) is 0 Å². The van der Waals surface area contributed by atoms with Crippen LogP contribution in [0.3, 0.4) is 0 Å². The van der Waals surface area contributed by atoms with Crippen LogP contribution in [0.15, 0.2) is 4.79 Å². The van der Waals surface area contributed by atoms with Gasteiger partial charge in [0.25, 0.3) is 5.56 Å². The molecule has 2 rings (SSSR count). The first-order chi connectivity index (χ1) is 8.67. The quantitative estimate of drug-likeness (QED) is 0.915. The maximum Gasteiger partial charge on any atom is 0.329 e. The fourth-order valence-corrected chi connectivity index (χ4v) is 3.21. The summed E-state index contributed by atoms with van der Waals surface area (Å²) < 4.78 is 1.26. The van der Waals surface area contributed by atoms with Gasteiger partial charge in [-0.3, -0.25) is 9.36 Å². The number of thiophene rings is 1. The topological polar surface area (TPSA) is 72.2 Å². The lowest BCUT2D eigenvalue weighted by Gasteiger charge is -2.24. The Kier molecular flexibility index (Phi) is 3.01. The van der Waals surface area contributed by atoms with Crippen LogP contribution in [0.1, 0.15) is 30.1 Å².